The number of nitrogens with one attached hydrogen (secondary N) is 3. The van der Waals surface area contributed by atoms with E-state index in [-0.39, 0.29) is 25.0 Å². The molecule has 1 aliphatic carbocycles. The lowest BCUT2D eigenvalue weighted by Crippen LogP contribution is -2.48. The third-order valence-corrected chi connectivity index (χ3v) is 4.75. The number of urea groups is 1. The second-order valence-corrected chi connectivity index (χ2v) is 6.94. The van der Waals surface area contributed by atoms with Gasteiger partial charge in [0.1, 0.15) is 5.75 Å². The summed E-state index contributed by atoms with van der Waals surface area (Å²) in [6, 6.07) is 6.68. The van der Waals surface area contributed by atoms with Crippen LogP contribution in [0.4, 0.5) is 10.5 Å². The number of ether oxygens (including phenoxy) is 1. The maximum absolute atomic E-state index is 12.2. The summed E-state index contributed by atoms with van der Waals surface area (Å²) in [5.74, 6) is 0.0511. The zero-order valence-corrected chi connectivity index (χ0v) is 16.6. The van der Waals surface area contributed by atoms with E-state index < -0.39 is 11.9 Å². The van der Waals surface area contributed by atoms with Crippen LogP contribution in [0.1, 0.15) is 39.0 Å². The van der Waals surface area contributed by atoms with Gasteiger partial charge in [0, 0.05) is 11.7 Å². The second-order valence-electron chi connectivity index (χ2n) is 6.94. The molecule has 8 nitrogen and oxygen atoms in total. The van der Waals surface area contributed by atoms with Crippen LogP contribution in [0.5, 0.6) is 5.75 Å². The summed E-state index contributed by atoms with van der Waals surface area (Å²) in [6.07, 6.45) is 5.31. The first-order chi connectivity index (χ1) is 13.5. The minimum atomic E-state index is -0.462. The second kappa shape index (κ2) is 11.3. The van der Waals surface area contributed by atoms with E-state index in [1.807, 2.05) is 6.92 Å². The zero-order valence-electron chi connectivity index (χ0n) is 16.6. The van der Waals surface area contributed by atoms with Crippen LogP contribution in [0.2, 0.25) is 0 Å². The molecule has 2 rings (SSSR count). The van der Waals surface area contributed by atoms with Crippen molar-refractivity contribution < 1.29 is 19.1 Å². The van der Waals surface area contributed by atoms with Gasteiger partial charge < -0.3 is 15.4 Å². The predicted molar refractivity (Wildman–Crippen MR) is 107 cm³/mol. The number of benzene rings is 1. The number of hydrogen-bond donors (Lipinski definition) is 3. The van der Waals surface area contributed by atoms with Gasteiger partial charge in [-0.3, -0.25) is 19.8 Å². The van der Waals surface area contributed by atoms with Crippen molar-refractivity contribution in [3.63, 3.8) is 0 Å². The topological polar surface area (TPSA) is 99.8 Å². The molecule has 4 amide bonds. The average Bonchev–Trinajstić information content (AvgIpc) is 2.68. The van der Waals surface area contributed by atoms with Crippen molar-refractivity contribution in [1.82, 2.24) is 15.5 Å². The van der Waals surface area contributed by atoms with E-state index in [2.05, 4.69) is 16.0 Å². The molecule has 3 N–H and O–H groups in total. The van der Waals surface area contributed by atoms with Gasteiger partial charge in [0.15, 0.2) is 0 Å². The number of carbonyl (C=O) groups is 3. The molecule has 0 atom stereocenters. The molecule has 0 bridgehead atoms. The van der Waals surface area contributed by atoms with E-state index in [9.17, 15) is 14.4 Å². The monoisotopic (exact) mass is 390 g/mol. The third kappa shape index (κ3) is 7.56. The largest absolute Gasteiger partial charge is 0.497 e. The van der Waals surface area contributed by atoms with Gasteiger partial charge in [0.25, 0.3) is 0 Å². The lowest BCUT2D eigenvalue weighted by Gasteiger charge is -2.23. The number of imide groups is 1. The van der Waals surface area contributed by atoms with E-state index in [1.165, 1.54) is 6.42 Å². The van der Waals surface area contributed by atoms with Crippen molar-refractivity contribution in [3.05, 3.63) is 24.3 Å². The van der Waals surface area contributed by atoms with Crippen LogP contribution in [-0.4, -0.2) is 55.5 Å². The summed E-state index contributed by atoms with van der Waals surface area (Å²) >= 11 is 0. The fraction of sp³-hybridized carbons (Fsp3) is 0.550. The molecule has 0 radical (unpaired) electrons. The average molecular weight is 390 g/mol. The van der Waals surface area contributed by atoms with Gasteiger partial charge >= 0.3 is 6.03 Å². The van der Waals surface area contributed by atoms with E-state index in [0.29, 0.717) is 18.0 Å². The first-order valence-corrected chi connectivity index (χ1v) is 9.76. The molecule has 0 aromatic heterocycles. The summed E-state index contributed by atoms with van der Waals surface area (Å²) in [4.78, 5) is 37.9. The Bertz CT molecular complexity index is 657. The molecule has 154 valence electrons. The first-order valence-electron chi connectivity index (χ1n) is 9.76. The van der Waals surface area contributed by atoms with Gasteiger partial charge in [-0.15, -0.1) is 0 Å². The van der Waals surface area contributed by atoms with E-state index in [4.69, 9.17) is 4.74 Å². The molecule has 0 heterocycles. The summed E-state index contributed by atoms with van der Waals surface area (Å²) in [5.41, 5.74) is 0.651. The van der Waals surface area contributed by atoms with Gasteiger partial charge in [-0.1, -0.05) is 26.2 Å². The number of nitrogens with zero attached hydrogens (tertiary/aromatic N) is 1. The van der Waals surface area contributed by atoms with Crippen molar-refractivity contribution in [1.29, 1.82) is 0 Å². The number of methoxy groups -OCH3 is 1. The molecular formula is C20H30N4O4. The highest BCUT2D eigenvalue weighted by Crippen LogP contribution is 2.17. The van der Waals surface area contributed by atoms with Crippen LogP contribution in [0.3, 0.4) is 0 Å². The van der Waals surface area contributed by atoms with Gasteiger partial charge in [-0.25, -0.2) is 4.79 Å². The Hall–Kier alpha value is -2.61. The molecule has 1 fully saturated rings. The number of carbonyl (C=O) groups excluding carboxylic acids is 3. The molecule has 1 saturated carbocycles. The van der Waals surface area contributed by atoms with E-state index >= 15 is 0 Å². The highest BCUT2D eigenvalue weighted by Gasteiger charge is 2.18. The SMILES string of the molecule is CCN(CC(=O)NC(=O)NC1CCCCC1)CC(=O)Nc1ccc(OC)cc1. The Balaban J connectivity index is 1.74. The van der Waals surface area contributed by atoms with Crippen molar-refractivity contribution >= 4 is 23.5 Å². The summed E-state index contributed by atoms with van der Waals surface area (Å²) in [7, 11) is 1.58. The predicted octanol–water partition coefficient (Wildman–Crippen LogP) is 2.11. The summed E-state index contributed by atoms with van der Waals surface area (Å²) in [5, 5.41) is 7.98. The molecule has 28 heavy (non-hydrogen) atoms. The number of anilines is 1. The van der Waals surface area contributed by atoms with Gasteiger partial charge in [-0.05, 0) is 43.7 Å². The minimum Gasteiger partial charge on any atom is -0.497 e. The summed E-state index contributed by atoms with van der Waals surface area (Å²) < 4.78 is 5.08. The quantitative estimate of drug-likeness (QED) is 0.631. The molecule has 0 spiro atoms. The number of hydrogen-bond acceptors (Lipinski definition) is 5. The number of rotatable bonds is 8. The minimum absolute atomic E-state index is 0.0232. The molecule has 1 aromatic rings. The van der Waals surface area contributed by atoms with Crippen LogP contribution in [-0.2, 0) is 9.59 Å². The summed E-state index contributed by atoms with van der Waals surface area (Å²) in [6.45, 7) is 2.40. The Labute approximate surface area is 166 Å². The Morgan fingerprint density at radius 2 is 1.68 bits per heavy atom. The van der Waals surface area contributed by atoms with Crippen molar-refractivity contribution in [2.45, 2.75) is 45.1 Å². The molecule has 0 saturated heterocycles. The fourth-order valence-corrected chi connectivity index (χ4v) is 3.20. The Morgan fingerprint density at radius 1 is 1.04 bits per heavy atom. The smallest absolute Gasteiger partial charge is 0.321 e. The van der Waals surface area contributed by atoms with Gasteiger partial charge in [0.05, 0.1) is 20.2 Å². The normalized spacial score (nSPS) is 14.4. The van der Waals surface area contributed by atoms with Crippen LogP contribution >= 0.6 is 0 Å². The standard InChI is InChI=1S/C20H30N4O4/c1-3-24(13-18(25)21-16-9-11-17(28-2)12-10-16)14-19(26)23-20(27)22-15-7-5-4-6-8-15/h9-12,15H,3-8,13-14H2,1-2H3,(H,21,25)(H2,22,23,26,27). The lowest BCUT2D eigenvalue weighted by molar-refractivity contribution is -0.122. The van der Waals surface area contributed by atoms with E-state index in [1.54, 1.807) is 36.3 Å². The van der Waals surface area contributed by atoms with Crippen molar-refractivity contribution in [3.8, 4) is 5.75 Å². The molecule has 1 aromatic carbocycles. The highest BCUT2D eigenvalue weighted by atomic mass is 16.5. The third-order valence-electron chi connectivity index (χ3n) is 4.75. The number of likely N-dealkylation sites (N-methyl/N-ethyl adjacent to an activating group) is 1. The van der Waals surface area contributed by atoms with Crippen LogP contribution in [0.15, 0.2) is 24.3 Å². The molecule has 1 aliphatic rings. The Kier molecular flexibility index (Phi) is 8.74. The number of amides is 4. The van der Waals surface area contributed by atoms with Gasteiger partial charge in [0.2, 0.25) is 11.8 Å². The van der Waals surface area contributed by atoms with Crippen molar-refractivity contribution in [2.75, 3.05) is 32.1 Å². The Morgan fingerprint density at radius 3 is 2.29 bits per heavy atom. The van der Waals surface area contributed by atoms with Crippen LogP contribution in [0, 0.1) is 0 Å². The molecule has 0 aliphatic heterocycles. The fourth-order valence-electron chi connectivity index (χ4n) is 3.20. The van der Waals surface area contributed by atoms with Gasteiger partial charge in [-0.2, -0.15) is 0 Å². The zero-order chi connectivity index (χ0) is 20.4. The van der Waals surface area contributed by atoms with Crippen LogP contribution < -0.4 is 20.7 Å². The molecule has 8 heteroatoms. The first kappa shape index (κ1) is 21.7. The maximum Gasteiger partial charge on any atom is 0.321 e. The molecular weight excluding hydrogens is 360 g/mol. The maximum atomic E-state index is 12.2. The van der Waals surface area contributed by atoms with E-state index in [0.717, 1.165) is 25.7 Å². The molecule has 0 unspecified atom stereocenters. The van der Waals surface area contributed by atoms with Crippen molar-refractivity contribution in [2.24, 2.45) is 0 Å². The van der Waals surface area contributed by atoms with Crippen LogP contribution in [0.25, 0.3) is 0 Å². The highest BCUT2D eigenvalue weighted by molar-refractivity contribution is 5.96. The lowest BCUT2D eigenvalue weighted by atomic mass is 9.96.